The molecule has 0 bridgehead atoms. The van der Waals surface area contributed by atoms with Crippen molar-refractivity contribution in [2.24, 2.45) is 11.8 Å². The minimum atomic E-state index is -1.80. The molecular weight excluding hydrogens is 734 g/mol. The van der Waals surface area contributed by atoms with Crippen molar-refractivity contribution in [2.75, 3.05) is 38.7 Å². The van der Waals surface area contributed by atoms with Crippen LogP contribution in [0.3, 0.4) is 0 Å². The molecule has 310 valence electrons. The third-order valence-electron chi connectivity index (χ3n) is 9.49. The maximum absolute atomic E-state index is 13.3. The third kappa shape index (κ3) is 12.6. The fourth-order valence-corrected chi connectivity index (χ4v) is 6.29. The van der Waals surface area contributed by atoms with Crippen LogP contribution in [-0.2, 0) is 55.9 Å². The number of nitrogens with zero attached hydrogens (tertiary/aromatic N) is 2. The average Bonchev–Trinajstić information content (AvgIpc) is 3.44. The standard InChI is InChI=1S/C38H55N5O13/c1-20(2)17-23-7-9-25(18-24(23)8-10-26-32(48)33(49)34(50)35(56-26)38(53)54)40-36(51)22(5)39-37(52)31(21(3)4)41-27(44)13-14-42(15-16-55-6)30(47)19-43-28(45)11-12-29(43)46/h7,9,11-12,18,20-22,26,31-35,48-50H,8,10,13-17,19H2,1-6H3,(H,39,52)(H,40,51)(H,41,44)(H,53,54)/t22-,26-,31-,32-,33+,34-,35-/m0/s1. The van der Waals surface area contributed by atoms with E-state index in [1.807, 2.05) is 19.9 Å². The van der Waals surface area contributed by atoms with Crippen LogP contribution in [0.2, 0.25) is 0 Å². The van der Waals surface area contributed by atoms with E-state index in [2.05, 4.69) is 16.0 Å². The van der Waals surface area contributed by atoms with E-state index in [1.165, 1.54) is 18.9 Å². The number of hydrogen-bond donors (Lipinski definition) is 7. The molecule has 0 saturated carbocycles. The van der Waals surface area contributed by atoms with Gasteiger partial charge in [0.05, 0.1) is 12.7 Å². The molecule has 1 saturated heterocycles. The molecule has 0 radical (unpaired) electrons. The number of methoxy groups -OCH3 is 1. The topological polar surface area (TPSA) is 261 Å². The normalized spacial score (nSPS) is 21.9. The number of aliphatic carboxylic acids is 1. The number of anilines is 1. The zero-order valence-electron chi connectivity index (χ0n) is 32.6. The van der Waals surface area contributed by atoms with E-state index in [9.17, 15) is 54.0 Å². The lowest BCUT2D eigenvalue weighted by Gasteiger charge is -2.39. The van der Waals surface area contributed by atoms with Crippen LogP contribution in [0.25, 0.3) is 0 Å². The van der Waals surface area contributed by atoms with E-state index in [0.29, 0.717) is 12.1 Å². The molecule has 1 fully saturated rings. The van der Waals surface area contributed by atoms with Gasteiger partial charge in [0.25, 0.3) is 11.8 Å². The van der Waals surface area contributed by atoms with Gasteiger partial charge in [0, 0.05) is 44.5 Å². The predicted octanol–water partition coefficient (Wildman–Crippen LogP) is -0.873. The van der Waals surface area contributed by atoms with Gasteiger partial charge in [0.1, 0.15) is 36.9 Å². The van der Waals surface area contributed by atoms with Crippen LogP contribution < -0.4 is 16.0 Å². The molecule has 0 aromatic heterocycles. The second-order valence-corrected chi connectivity index (χ2v) is 14.8. The molecule has 2 heterocycles. The number of aliphatic hydroxyl groups is 3. The molecule has 2 aliphatic rings. The number of amides is 6. The number of nitrogens with one attached hydrogen (secondary N) is 3. The fourth-order valence-electron chi connectivity index (χ4n) is 6.29. The van der Waals surface area contributed by atoms with Crippen LogP contribution >= 0.6 is 0 Å². The van der Waals surface area contributed by atoms with Gasteiger partial charge in [-0.1, -0.05) is 33.8 Å². The highest BCUT2D eigenvalue weighted by Gasteiger charge is 2.46. The second kappa shape index (κ2) is 21.0. The summed E-state index contributed by atoms with van der Waals surface area (Å²) in [4.78, 5) is 90.0. The van der Waals surface area contributed by atoms with E-state index < -0.39 is 96.5 Å². The largest absolute Gasteiger partial charge is 0.479 e. The van der Waals surface area contributed by atoms with Crippen molar-refractivity contribution in [3.8, 4) is 0 Å². The molecule has 18 nitrogen and oxygen atoms in total. The molecule has 3 rings (SSSR count). The number of hydrogen-bond acceptors (Lipinski definition) is 12. The molecule has 0 spiro atoms. The monoisotopic (exact) mass is 789 g/mol. The molecule has 0 unspecified atom stereocenters. The molecule has 7 atom stereocenters. The van der Waals surface area contributed by atoms with Crippen molar-refractivity contribution in [3.63, 3.8) is 0 Å². The SMILES string of the molecule is COCCN(CCC(=O)N[C@H](C(=O)N[C@@H](C)C(=O)Nc1ccc(CC(C)C)c(CC[C@@H]2O[C@H](C(=O)O)[C@@H](O)[C@H](O)[C@H]2O)c1)C(C)C)C(=O)CN1C(=O)C=CC1=O. The molecule has 6 amide bonds. The Morgan fingerprint density at radius 3 is 2.14 bits per heavy atom. The van der Waals surface area contributed by atoms with Gasteiger partial charge in [-0.15, -0.1) is 0 Å². The summed E-state index contributed by atoms with van der Waals surface area (Å²) in [6.07, 6.45) is -4.85. The zero-order chi connectivity index (χ0) is 41.9. The van der Waals surface area contributed by atoms with Crippen molar-refractivity contribution in [2.45, 2.75) is 103 Å². The molecule has 18 heteroatoms. The number of carbonyl (C=O) groups is 7. The van der Waals surface area contributed by atoms with Crippen LogP contribution in [-0.4, -0.2) is 148 Å². The Kier molecular flexibility index (Phi) is 17.1. The van der Waals surface area contributed by atoms with Gasteiger partial charge >= 0.3 is 5.97 Å². The van der Waals surface area contributed by atoms with Crippen LogP contribution in [0.1, 0.15) is 58.6 Å². The summed E-state index contributed by atoms with van der Waals surface area (Å²) in [5, 5.41) is 48.3. The Balaban J connectivity index is 1.62. The van der Waals surface area contributed by atoms with E-state index in [1.54, 1.807) is 26.0 Å². The molecule has 1 aromatic carbocycles. The number of carboxylic acids is 1. The highest BCUT2D eigenvalue weighted by molar-refractivity contribution is 6.14. The van der Waals surface area contributed by atoms with Crippen LogP contribution in [0.4, 0.5) is 5.69 Å². The van der Waals surface area contributed by atoms with Crippen molar-refractivity contribution in [1.29, 1.82) is 0 Å². The van der Waals surface area contributed by atoms with Gasteiger partial charge in [-0.3, -0.25) is 33.7 Å². The number of rotatable bonds is 20. The first-order chi connectivity index (χ1) is 26.3. The van der Waals surface area contributed by atoms with Crippen molar-refractivity contribution < 1.29 is 63.5 Å². The third-order valence-corrected chi connectivity index (χ3v) is 9.49. The predicted molar refractivity (Wildman–Crippen MR) is 200 cm³/mol. The lowest BCUT2D eigenvalue weighted by molar-refractivity contribution is -0.228. The summed E-state index contributed by atoms with van der Waals surface area (Å²) in [5.41, 5.74) is 2.12. The Labute approximate surface area is 325 Å². The molecule has 1 aromatic rings. The highest BCUT2D eigenvalue weighted by Crippen LogP contribution is 2.27. The van der Waals surface area contributed by atoms with Gasteiger partial charge in [-0.2, -0.15) is 0 Å². The first kappa shape index (κ1) is 45.6. The molecule has 7 N–H and O–H groups in total. The summed E-state index contributed by atoms with van der Waals surface area (Å²) in [6.45, 7) is 8.61. The van der Waals surface area contributed by atoms with Gasteiger partial charge in [0.15, 0.2) is 6.10 Å². The minimum Gasteiger partial charge on any atom is -0.479 e. The maximum Gasteiger partial charge on any atom is 0.335 e. The van der Waals surface area contributed by atoms with Gasteiger partial charge in [-0.25, -0.2) is 4.79 Å². The zero-order valence-corrected chi connectivity index (χ0v) is 32.6. The lowest BCUT2D eigenvalue weighted by atomic mass is 9.89. The quantitative estimate of drug-likeness (QED) is 0.0794. The van der Waals surface area contributed by atoms with Crippen molar-refractivity contribution in [3.05, 3.63) is 41.5 Å². The maximum atomic E-state index is 13.3. The first-order valence-corrected chi connectivity index (χ1v) is 18.6. The Morgan fingerprint density at radius 2 is 1.55 bits per heavy atom. The van der Waals surface area contributed by atoms with E-state index in [-0.39, 0.29) is 44.9 Å². The van der Waals surface area contributed by atoms with Crippen molar-refractivity contribution in [1.82, 2.24) is 20.4 Å². The number of imide groups is 1. The number of benzene rings is 1. The highest BCUT2D eigenvalue weighted by atomic mass is 16.6. The Morgan fingerprint density at radius 1 is 0.893 bits per heavy atom. The van der Waals surface area contributed by atoms with Crippen molar-refractivity contribution >= 4 is 47.1 Å². The number of aryl methyl sites for hydroxylation is 1. The average molecular weight is 790 g/mol. The molecule has 56 heavy (non-hydrogen) atoms. The number of aliphatic hydroxyl groups excluding tert-OH is 3. The summed E-state index contributed by atoms with van der Waals surface area (Å²) < 4.78 is 10.5. The Bertz CT molecular complexity index is 1610. The summed E-state index contributed by atoms with van der Waals surface area (Å²) in [6, 6.07) is 3.19. The van der Waals surface area contributed by atoms with Crippen LogP contribution in [0.5, 0.6) is 0 Å². The van der Waals surface area contributed by atoms with E-state index in [4.69, 9.17) is 9.47 Å². The molecule has 0 aliphatic carbocycles. The second-order valence-electron chi connectivity index (χ2n) is 14.8. The fraction of sp³-hybridized carbons (Fsp3) is 0.605. The smallest absolute Gasteiger partial charge is 0.335 e. The minimum absolute atomic E-state index is 0.0803. The lowest BCUT2D eigenvalue weighted by Crippen LogP contribution is -2.59. The molecular formula is C38H55N5O13. The molecule has 2 aliphatic heterocycles. The summed E-state index contributed by atoms with van der Waals surface area (Å²) in [7, 11) is 1.43. The summed E-state index contributed by atoms with van der Waals surface area (Å²) >= 11 is 0. The summed E-state index contributed by atoms with van der Waals surface area (Å²) in [5.74, 6) is -5.12. The van der Waals surface area contributed by atoms with Gasteiger partial charge < -0.3 is 50.8 Å². The number of carbonyl (C=O) groups excluding carboxylic acids is 6. The van der Waals surface area contributed by atoms with E-state index in [0.717, 1.165) is 28.2 Å². The Hall–Kier alpha value is -4.75. The van der Waals surface area contributed by atoms with Crippen LogP contribution in [0.15, 0.2) is 30.4 Å². The van der Waals surface area contributed by atoms with E-state index >= 15 is 0 Å². The van der Waals surface area contributed by atoms with Gasteiger partial charge in [0.2, 0.25) is 23.6 Å². The first-order valence-electron chi connectivity index (χ1n) is 18.6. The number of carboxylic acid groups (broad SMARTS) is 1. The van der Waals surface area contributed by atoms with Gasteiger partial charge in [-0.05, 0) is 61.3 Å². The number of ether oxygens (including phenoxy) is 2. The van der Waals surface area contributed by atoms with Crippen LogP contribution in [0, 0.1) is 11.8 Å².